The van der Waals surface area contributed by atoms with Crippen LogP contribution in [0.5, 0.6) is 11.5 Å². The van der Waals surface area contributed by atoms with Gasteiger partial charge in [0, 0.05) is 17.4 Å². The van der Waals surface area contributed by atoms with E-state index in [4.69, 9.17) is 9.47 Å². The Labute approximate surface area is 158 Å². The molecule has 3 aliphatic rings. The van der Waals surface area contributed by atoms with Crippen LogP contribution in [0.2, 0.25) is 0 Å². The number of hydrogen-bond acceptors (Lipinski definition) is 3. The second-order valence-corrected chi connectivity index (χ2v) is 9.05. The van der Waals surface area contributed by atoms with Crippen LogP contribution in [0.1, 0.15) is 88.3 Å². The van der Waals surface area contributed by atoms with Crippen molar-refractivity contribution >= 4 is 0 Å². The lowest BCUT2D eigenvalue weighted by Gasteiger charge is -2.49. The number of aryl methyl sites for hydroxylation is 1. The summed E-state index contributed by atoms with van der Waals surface area (Å²) >= 11 is 0. The van der Waals surface area contributed by atoms with Crippen molar-refractivity contribution < 1.29 is 14.6 Å². The molecule has 3 nitrogen and oxygen atoms in total. The molecule has 0 bridgehead atoms. The van der Waals surface area contributed by atoms with Crippen LogP contribution < -0.4 is 9.47 Å². The summed E-state index contributed by atoms with van der Waals surface area (Å²) in [5.74, 6) is 2.95. The minimum Gasteiger partial charge on any atom is -0.493 e. The van der Waals surface area contributed by atoms with Crippen LogP contribution in [0.4, 0.5) is 0 Å². The van der Waals surface area contributed by atoms with Gasteiger partial charge in [-0.25, -0.2) is 0 Å². The van der Waals surface area contributed by atoms with Gasteiger partial charge in [-0.15, -0.1) is 0 Å². The average molecular weight is 359 g/mol. The van der Waals surface area contributed by atoms with E-state index in [-0.39, 0.29) is 11.7 Å². The Hall–Kier alpha value is -1.22. The summed E-state index contributed by atoms with van der Waals surface area (Å²) in [6, 6.07) is 2.32. The van der Waals surface area contributed by atoms with Crippen LogP contribution in [-0.2, 0) is 12.8 Å². The lowest BCUT2D eigenvalue weighted by atomic mass is 9.65. The third-order valence-corrected chi connectivity index (χ3v) is 6.80. The number of rotatable bonds is 4. The van der Waals surface area contributed by atoms with E-state index in [9.17, 15) is 5.11 Å². The van der Waals surface area contributed by atoms with Crippen molar-refractivity contribution in [3.63, 3.8) is 0 Å². The van der Waals surface area contributed by atoms with E-state index in [1.807, 2.05) is 0 Å². The van der Waals surface area contributed by atoms with Crippen LogP contribution >= 0.6 is 0 Å². The number of hydrogen-bond donors (Lipinski definition) is 1. The fraction of sp³-hybridized carbons (Fsp3) is 0.739. The molecule has 1 saturated carbocycles. The number of fused-ring (bicyclic) bond motifs is 5. The Balaban J connectivity index is 1.79. The lowest BCUT2D eigenvalue weighted by Crippen LogP contribution is -2.47. The topological polar surface area (TPSA) is 38.7 Å². The first kappa shape index (κ1) is 18.2. The minimum atomic E-state index is -0.193. The van der Waals surface area contributed by atoms with Crippen LogP contribution in [-0.4, -0.2) is 23.4 Å². The molecule has 1 aromatic carbocycles. The van der Waals surface area contributed by atoms with Gasteiger partial charge in [-0.1, -0.05) is 19.8 Å². The Morgan fingerprint density at radius 3 is 2.88 bits per heavy atom. The van der Waals surface area contributed by atoms with Crippen LogP contribution in [0.15, 0.2) is 6.07 Å². The molecule has 0 amide bonds. The first-order valence-electron chi connectivity index (χ1n) is 10.7. The maximum atomic E-state index is 10.4. The highest BCUT2D eigenvalue weighted by Gasteiger charge is 2.48. The summed E-state index contributed by atoms with van der Waals surface area (Å²) in [7, 11) is 0. The van der Waals surface area contributed by atoms with Gasteiger partial charge in [0.25, 0.3) is 0 Å². The van der Waals surface area contributed by atoms with Crippen LogP contribution in [0, 0.1) is 5.92 Å². The zero-order chi connectivity index (χ0) is 18.3. The standard InChI is InChI=1S/C23H34O3/c1-4-5-6-8-15-13-20-21(22-17(15)9-7-12-25-22)18-14-16(24)10-11-19(18)23(2,3)26-20/h13,16,18-19,24H,4-12,14H2,1-3H3/t16-,18-,19-/m1/s1. The third-order valence-electron chi connectivity index (χ3n) is 6.80. The summed E-state index contributed by atoms with van der Waals surface area (Å²) in [6.45, 7) is 7.51. The van der Waals surface area contributed by atoms with E-state index in [1.165, 1.54) is 36.0 Å². The average Bonchev–Trinajstić information content (AvgIpc) is 2.61. The number of unbranched alkanes of at least 4 members (excludes halogenated alkanes) is 2. The first-order valence-corrected chi connectivity index (χ1v) is 10.7. The quantitative estimate of drug-likeness (QED) is 0.756. The summed E-state index contributed by atoms with van der Waals surface area (Å²) < 4.78 is 12.8. The summed E-state index contributed by atoms with van der Waals surface area (Å²) in [5.41, 5.74) is 3.94. The number of aliphatic hydroxyl groups excluding tert-OH is 1. The molecular formula is C23H34O3. The monoisotopic (exact) mass is 358 g/mol. The van der Waals surface area contributed by atoms with Crippen molar-refractivity contribution in [2.24, 2.45) is 5.92 Å². The zero-order valence-electron chi connectivity index (χ0n) is 16.6. The molecule has 0 radical (unpaired) electrons. The molecule has 1 N–H and O–H groups in total. The first-order chi connectivity index (χ1) is 12.5. The van der Waals surface area contributed by atoms with Crippen molar-refractivity contribution in [1.82, 2.24) is 0 Å². The van der Waals surface area contributed by atoms with Crippen LogP contribution in [0.25, 0.3) is 0 Å². The molecule has 3 heteroatoms. The second kappa shape index (κ2) is 7.07. The molecule has 0 aromatic heterocycles. The van der Waals surface area contributed by atoms with Crippen LogP contribution in [0.3, 0.4) is 0 Å². The maximum Gasteiger partial charge on any atom is 0.129 e. The van der Waals surface area contributed by atoms with E-state index in [0.717, 1.165) is 56.6 Å². The van der Waals surface area contributed by atoms with Crippen molar-refractivity contribution in [2.45, 2.75) is 96.2 Å². The van der Waals surface area contributed by atoms with Gasteiger partial charge in [-0.2, -0.15) is 0 Å². The van der Waals surface area contributed by atoms with E-state index in [2.05, 4.69) is 26.8 Å². The molecule has 2 aliphatic heterocycles. The minimum absolute atomic E-state index is 0.179. The summed E-state index contributed by atoms with van der Waals surface area (Å²) in [6.07, 6.45) is 9.67. The highest BCUT2D eigenvalue weighted by Crippen LogP contribution is 2.56. The molecular weight excluding hydrogens is 324 g/mol. The van der Waals surface area contributed by atoms with Gasteiger partial charge >= 0.3 is 0 Å². The smallest absolute Gasteiger partial charge is 0.129 e. The van der Waals surface area contributed by atoms with E-state index in [1.54, 1.807) is 0 Å². The Kier molecular flexibility index (Phi) is 4.94. The highest BCUT2D eigenvalue weighted by atomic mass is 16.5. The number of aliphatic hydroxyl groups is 1. The number of ether oxygens (including phenoxy) is 2. The Morgan fingerprint density at radius 1 is 1.23 bits per heavy atom. The SMILES string of the molecule is CCCCCc1cc2c(c3c1CCCO3)[C@@H]1C[C@H](O)CC[C@H]1C(C)(C)O2. The molecule has 1 aliphatic carbocycles. The molecule has 1 fully saturated rings. The molecule has 0 unspecified atom stereocenters. The van der Waals surface area contributed by atoms with Gasteiger partial charge in [-0.05, 0) is 76.0 Å². The predicted molar refractivity (Wildman–Crippen MR) is 104 cm³/mol. The summed E-state index contributed by atoms with van der Waals surface area (Å²) in [4.78, 5) is 0. The maximum absolute atomic E-state index is 10.4. The fourth-order valence-electron chi connectivity index (χ4n) is 5.49. The highest BCUT2D eigenvalue weighted by molar-refractivity contribution is 5.58. The molecule has 26 heavy (non-hydrogen) atoms. The molecule has 3 atom stereocenters. The molecule has 0 saturated heterocycles. The molecule has 1 aromatic rings. The van der Waals surface area contributed by atoms with E-state index < -0.39 is 0 Å². The van der Waals surface area contributed by atoms with E-state index >= 15 is 0 Å². The van der Waals surface area contributed by atoms with Gasteiger partial charge in [-0.3, -0.25) is 0 Å². The van der Waals surface area contributed by atoms with Crippen molar-refractivity contribution in [2.75, 3.05) is 6.61 Å². The second-order valence-electron chi connectivity index (χ2n) is 9.05. The van der Waals surface area contributed by atoms with Gasteiger partial charge < -0.3 is 14.6 Å². The number of benzene rings is 1. The van der Waals surface area contributed by atoms with Gasteiger partial charge in [0.2, 0.25) is 0 Å². The molecule has 0 spiro atoms. The predicted octanol–water partition coefficient (Wildman–Crippen LogP) is 5.16. The van der Waals surface area contributed by atoms with Crippen molar-refractivity contribution in [3.8, 4) is 11.5 Å². The third kappa shape index (κ3) is 3.13. The lowest BCUT2D eigenvalue weighted by molar-refractivity contribution is -0.0321. The summed E-state index contributed by atoms with van der Waals surface area (Å²) in [5, 5.41) is 10.4. The van der Waals surface area contributed by atoms with Gasteiger partial charge in [0.05, 0.1) is 12.7 Å². The molecule has 4 rings (SSSR count). The Bertz CT molecular complexity index is 664. The largest absolute Gasteiger partial charge is 0.493 e. The van der Waals surface area contributed by atoms with Gasteiger partial charge in [0.15, 0.2) is 0 Å². The zero-order valence-corrected chi connectivity index (χ0v) is 16.6. The van der Waals surface area contributed by atoms with Gasteiger partial charge in [0.1, 0.15) is 17.1 Å². The fourth-order valence-corrected chi connectivity index (χ4v) is 5.49. The normalized spacial score (nSPS) is 29.0. The van der Waals surface area contributed by atoms with Crippen molar-refractivity contribution in [3.05, 3.63) is 22.8 Å². The Morgan fingerprint density at radius 2 is 2.08 bits per heavy atom. The van der Waals surface area contributed by atoms with Crippen molar-refractivity contribution in [1.29, 1.82) is 0 Å². The van der Waals surface area contributed by atoms with E-state index in [0.29, 0.717) is 11.8 Å². The molecule has 144 valence electrons. The molecule has 2 heterocycles.